The number of imidazole rings is 1. The van der Waals surface area contributed by atoms with Gasteiger partial charge in [-0.25, -0.2) is 15.0 Å². The lowest BCUT2D eigenvalue weighted by atomic mass is 10.1. The topological polar surface area (TPSA) is 119 Å². The Bertz CT molecular complexity index is 1630. The highest BCUT2D eigenvalue weighted by atomic mass is 19.4. The Labute approximate surface area is 220 Å². The number of nitrogens with two attached hydrogens (primary N) is 1. The van der Waals surface area contributed by atoms with E-state index < -0.39 is 17.6 Å². The number of aromatic nitrogens is 4. The summed E-state index contributed by atoms with van der Waals surface area (Å²) in [6.07, 6.45) is 2.83. The van der Waals surface area contributed by atoms with Crippen molar-refractivity contribution in [3.8, 4) is 11.3 Å². The van der Waals surface area contributed by atoms with Gasteiger partial charge in [0, 0.05) is 35.8 Å². The number of anilines is 2. The molecule has 1 aliphatic heterocycles. The molecule has 2 fully saturated rings. The highest BCUT2D eigenvalue weighted by Crippen LogP contribution is 2.53. The lowest BCUT2D eigenvalue weighted by molar-refractivity contribution is -0.137. The van der Waals surface area contributed by atoms with Gasteiger partial charge in [-0.15, -0.1) is 0 Å². The summed E-state index contributed by atoms with van der Waals surface area (Å²) in [5.41, 5.74) is 7.31. The monoisotopic (exact) mass is 533 g/mol. The smallest absolute Gasteiger partial charge is 0.382 e. The first-order valence-electron chi connectivity index (χ1n) is 12.2. The van der Waals surface area contributed by atoms with Crippen molar-refractivity contribution < 1.29 is 22.8 Å². The van der Waals surface area contributed by atoms with Crippen molar-refractivity contribution in [2.75, 3.05) is 11.1 Å². The lowest BCUT2D eigenvalue weighted by Gasteiger charge is -2.25. The number of carbonyl (C=O) groups excluding carboxylic acids is 2. The van der Waals surface area contributed by atoms with Gasteiger partial charge >= 0.3 is 6.18 Å². The Morgan fingerprint density at radius 3 is 2.59 bits per heavy atom. The minimum atomic E-state index is -4.55. The summed E-state index contributed by atoms with van der Waals surface area (Å²) >= 11 is 0. The third kappa shape index (κ3) is 4.27. The number of amides is 2. The highest BCUT2D eigenvalue weighted by Gasteiger charge is 2.55. The number of pyridine rings is 1. The van der Waals surface area contributed by atoms with Crippen LogP contribution in [0.25, 0.3) is 16.8 Å². The molecule has 9 nitrogen and oxygen atoms in total. The number of nitrogen functional groups attached to an aromatic ring is 1. The van der Waals surface area contributed by atoms with Crippen molar-refractivity contribution >= 4 is 29.0 Å². The van der Waals surface area contributed by atoms with Gasteiger partial charge in [0.05, 0.1) is 11.6 Å². The number of hydrogen-bond donors (Lipinski definition) is 2. The fourth-order valence-corrected chi connectivity index (χ4v) is 5.28. The average molecular weight is 534 g/mol. The maximum Gasteiger partial charge on any atom is 0.416 e. The van der Waals surface area contributed by atoms with Crippen LogP contribution in [0.1, 0.15) is 40.6 Å². The molecule has 0 radical (unpaired) electrons. The van der Waals surface area contributed by atoms with E-state index in [4.69, 9.17) is 10.7 Å². The molecule has 1 saturated carbocycles. The van der Waals surface area contributed by atoms with Gasteiger partial charge in [-0.1, -0.05) is 18.7 Å². The maximum absolute atomic E-state index is 13.0. The molecule has 3 aromatic heterocycles. The van der Waals surface area contributed by atoms with E-state index in [0.717, 1.165) is 31.2 Å². The van der Waals surface area contributed by atoms with Crippen LogP contribution in [-0.4, -0.2) is 42.1 Å². The third-order valence-electron chi connectivity index (χ3n) is 7.19. The summed E-state index contributed by atoms with van der Waals surface area (Å²) in [7, 11) is 0. The second-order valence-electron chi connectivity index (χ2n) is 9.57. The van der Waals surface area contributed by atoms with Gasteiger partial charge in [0.2, 0.25) is 5.91 Å². The maximum atomic E-state index is 13.0. The highest BCUT2D eigenvalue weighted by molar-refractivity contribution is 6.04. The predicted octanol–water partition coefficient (Wildman–Crippen LogP) is 4.49. The van der Waals surface area contributed by atoms with Gasteiger partial charge in [0.1, 0.15) is 28.7 Å². The van der Waals surface area contributed by atoms with E-state index in [1.165, 1.54) is 18.2 Å². The molecule has 1 saturated heterocycles. The molecule has 1 aromatic carbocycles. The molecule has 0 bridgehead atoms. The van der Waals surface area contributed by atoms with E-state index in [9.17, 15) is 22.8 Å². The Morgan fingerprint density at radius 1 is 1.10 bits per heavy atom. The van der Waals surface area contributed by atoms with Crippen LogP contribution in [-0.2, 0) is 11.0 Å². The van der Waals surface area contributed by atoms with Crippen LogP contribution in [0.5, 0.6) is 0 Å². The van der Waals surface area contributed by atoms with Crippen molar-refractivity contribution in [3.63, 3.8) is 0 Å². The van der Waals surface area contributed by atoms with Crippen LogP contribution in [0.2, 0.25) is 0 Å². The number of alkyl halides is 3. The quantitative estimate of drug-likeness (QED) is 0.365. The Balaban J connectivity index is 1.31. The molecule has 4 heterocycles. The van der Waals surface area contributed by atoms with E-state index in [1.54, 1.807) is 24.5 Å². The summed E-state index contributed by atoms with van der Waals surface area (Å²) < 4.78 is 40.8. The number of rotatable bonds is 5. The number of likely N-dealkylation sites (tertiary alicyclic amines) is 1. The summed E-state index contributed by atoms with van der Waals surface area (Å²) in [5, 5.41) is 2.39. The average Bonchev–Trinajstić information content (AvgIpc) is 3.40. The fraction of sp³-hybridized carbons (Fsp3) is 0.222. The van der Waals surface area contributed by atoms with E-state index in [1.807, 2.05) is 9.30 Å². The Hall–Kier alpha value is -4.74. The molecular formula is C27H22F3N7O2. The van der Waals surface area contributed by atoms with E-state index >= 15 is 0 Å². The normalized spacial score (nSPS) is 20.1. The molecular weight excluding hydrogens is 511 g/mol. The largest absolute Gasteiger partial charge is 0.416 e. The first-order chi connectivity index (χ1) is 18.7. The molecule has 3 N–H and O–H groups in total. The number of nitrogens with one attached hydrogen (secondary N) is 1. The number of piperidine rings is 1. The molecule has 4 aromatic rings. The zero-order valence-corrected chi connectivity index (χ0v) is 20.4. The van der Waals surface area contributed by atoms with Gasteiger partial charge in [-0.3, -0.25) is 14.0 Å². The van der Waals surface area contributed by atoms with Gasteiger partial charge in [0.25, 0.3) is 5.91 Å². The van der Waals surface area contributed by atoms with Gasteiger partial charge < -0.3 is 16.0 Å². The number of carbonyl (C=O) groups is 2. The summed E-state index contributed by atoms with van der Waals surface area (Å²) in [6, 6.07) is 7.95. The van der Waals surface area contributed by atoms with Gasteiger partial charge in [-0.05, 0) is 49.1 Å². The third-order valence-corrected chi connectivity index (χ3v) is 7.19. The van der Waals surface area contributed by atoms with Crippen molar-refractivity contribution in [1.82, 2.24) is 24.3 Å². The Morgan fingerprint density at radius 2 is 1.87 bits per heavy atom. The zero-order valence-electron chi connectivity index (χ0n) is 20.4. The summed E-state index contributed by atoms with van der Waals surface area (Å²) in [6.45, 7) is 3.64. The molecule has 39 heavy (non-hydrogen) atoms. The molecule has 12 heteroatoms. The molecule has 3 atom stereocenters. The van der Waals surface area contributed by atoms with Crippen molar-refractivity contribution in [1.29, 1.82) is 0 Å². The summed E-state index contributed by atoms with van der Waals surface area (Å²) in [4.78, 5) is 40.1. The van der Waals surface area contributed by atoms with Crippen LogP contribution < -0.4 is 11.1 Å². The minimum absolute atomic E-state index is 0.143. The number of fused-ring (bicyclic) bond motifs is 2. The van der Waals surface area contributed by atoms with Crippen LogP contribution in [0.3, 0.4) is 0 Å². The van der Waals surface area contributed by atoms with E-state index in [0.29, 0.717) is 28.5 Å². The van der Waals surface area contributed by atoms with Crippen LogP contribution in [0, 0.1) is 5.92 Å². The molecule has 0 spiro atoms. The lowest BCUT2D eigenvalue weighted by Crippen LogP contribution is -2.33. The van der Waals surface area contributed by atoms with E-state index in [-0.39, 0.29) is 35.2 Å². The number of hydrogen-bond acceptors (Lipinski definition) is 6. The fourth-order valence-electron chi connectivity index (χ4n) is 5.28. The molecule has 2 amide bonds. The number of halogens is 3. The van der Waals surface area contributed by atoms with Crippen molar-refractivity contribution in [2.45, 2.75) is 31.1 Å². The van der Waals surface area contributed by atoms with Gasteiger partial charge in [-0.2, -0.15) is 13.2 Å². The summed E-state index contributed by atoms with van der Waals surface area (Å²) in [5.74, 6) is 0.376. The SMILES string of the molecule is C=CC(=O)N1C(c2nc(-c3ccc(C(=O)Nc4cc(C(F)(F)F)ccn4)cc3)c3c(N)nccn23)CC2CC21. The van der Waals surface area contributed by atoms with Crippen molar-refractivity contribution in [3.05, 3.63) is 84.6 Å². The second-order valence-corrected chi connectivity index (χ2v) is 9.57. The first kappa shape index (κ1) is 24.6. The van der Waals surface area contributed by atoms with Crippen LogP contribution >= 0.6 is 0 Å². The number of nitrogens with zero attached hydrogens (tertiary/aromatic N) is 5. The molecule has 6 rings (SSSR count). The van der Waals surface area contributed by atoms with Crippen molar-refractivity contribution in [2.24, 2.45) is 5.92 Å². The van der Waals surface area contributed by atoms with Crippen LogP contribution in [0.15, 0.2) is 67.6 Å². The first-order valence-corrected chi connectivity index (χ1v) is 12.2. The second kappa shape index (κ2) is 8.93. The molecule has 2 aliphatic rings. The molecule has 1 aliphatic carbocycles. The molecule has 3 unspecified atom stereocenters. The van der Waals surface area contributed by atoms with Gasteiger partial charge in [0.15, 0.2) is 0 Å². The predicted molar refractivity (Wildman–Crippen MR) is 136 cm³/mol. The zero-order chi connectivity index (χ0) is 27.5. The number of benzene rings is 1. The van der Waals surface area contributed by atoms with E-state index in [2.05, 4.69) is 21.9 Å². The van der Waals surface area contributed by atoms with Crippen LogP contribution in [0.4, 0.5) is 24.8 Å². The standard InChI is InChI=1S/C27H22F3N7O2/c1-2-21(38)37-18-11-16(18)12-19(37)25-35-22(23-24(31)33-9-10-36(23)25)14-3-5-15(6-4-14)26(39)34-20-13-17(7-8-32-20)27(28,29)30/h2-10,13,16,18-19H,1,11-12H2,(H2,31,33)(H,32,34,39). The Kier molecular flexibility index (Phi) is 5.63. The molecule has 198 valence electrons. The minimum Gasteiger partial charge on any atom is -0.382 e.